The molecule has 144 valence electrons. The first kappa shape index (κ1) is 18.6. The average molecular weight is 376 g/mol. The maximum Gasteiger partial charge on any atom is 0.220 e. The second kappa shape index (κ2) is 8.48. The molecule has 1 aliphatic rings. The molecule has 1 fully saturated rings. The molecule has 0 unspecified atom stereocenters. The molecule has 2 N–H and O–H groups in total. The second-order valence-corrected chi connectivity index (χ2v) is 7.41. The van der Waals surface area contributed by atoms with Crippen molar-refractivity contribution in [3.05, 3.63) is 77.9 Å². The number of anilines is 1. The van der Waals surface area contributed by atoms with Gasteiger partial charge in [0.15, 0.2) is 0 Å². The molecule has 0 amide bonds. The van der Waals surface area contributed by atoms with E-state index < -0.39 is 0 Å². The fourth-order valence-electron chi connectivity index (χ4n) is 3.99. The van der Waals surface area contributed by atoms with E-state index in [9.17, 15) is 4.39 Å². The monoisotopic (exact) mass is 376 g/mol. The molecule has 1 aromatic heterocycles. The molecular formula is C23H25FN4. The van der Waals surface area contributed by atoms with Gasteiger partial charge in [0.1, 0.15) is 5.82 Å². The normalized spacial score (nSPS) is 17.5. The number of aromatic nitrogens is 2. The highest BCUT2D eigenvalue weighted by Gasteiger charge is 2.25. The molecule has 0 spiro atoms. The van der Waals surface area contributed by atoms with Crippen LogP contribution >= 0.6 is 0 Å². The van der Waals surface area contributed by atoms with Gasteiger partial charge in [0, 0.05) is 30.8 Å². The minimum atomic E-state index is -0.244. The number of nitrogens with zero attached hydrogens (tertiary/aromatic N) is 3. The van der Waals surface area contributed by atoms with Crippen LogP contribution in [-0.4, -0.2) is 34.5 Å². The fraction of sp³-hybridized carbons (Fsp3) is 0.304. The SMILES string of the molecule is Nc1ncc(-c2ccc(F)cc2)c([C@@H]2CCCN(CCc3ccccc3)C2)n1. The molecule has 5 heteroatoms. The minimum absolute atomic E-state index is 0.244. The first-order valence-electron chi connectivity index (χ1n) is 9.83. The van der Waals surface area contributed by atoms with Crippen molar-refractivity contribution in [2.45, 2.75) is 25.2 Å². The third kappa shape index (κ3) is 4.37. The summed E-state index contributed by atoms with van der Waals surface area (Å²) in [5.74, 6) is 0.351. The molecular weight excluding hydrogens is 351 g/mol. The van der Waals surface area contributed by atoms with E-state index in [1.54, 1.807) is 18.3 Å². The van der Waals surface area contributed by atoms with Gasteiger partial charge in [0.05, 0.1) is 5.69 Å². The Hall–Kier alpha value is -2.79. The van der Waals surface area contributed by atoms with Crippen LogP contribution in [0, 0.1) is 5.82 Å². The van der Waals surface area contributed by atoms with Gasteiger partial charge in [0.25, 0.3) is 0 Å². The molecule has 0 radical (unpaired) electrons. The Morgan fingerprint density at radius 3 is 2.64 bits per heavy atom. The van der Waals surface area contributed by atoms with Crippen molar-refractivity contribution < 1.29 is 4.39 Å². The summed E-state index contributed by atoms with van der Waals surface area (Å²) in [5.41, 5.74) is 10.1. The zero-order valence-corrected chi connectivity index (χ0v) is 15.9. The van der Waals surface area contributed by atoms with Crippen LogP contribution in [0.25, 0.3) is 11.1 Å². The predicted octanol–water partition coefficient (Wildman–Crippen LogP) is 4.29. The number of hydrogen-bond acceptors (Lipinski definition) is 4. The summed E-state index contributed by atoms with van der Waals surface area (Å²) < 4.78 is 13.3. The number of likely N-dealkylation sites (tertiary alicyclic amines) is 1. The van der Waals surface area contributed by atoms with Crippen LogP contribution in [-0.2, 0) is 6.42 Å². The first-order chi connectivity index (χ1) is 13.7. The standard InChI is InChI=1S/C23H25FN4/c24-20-10-8-18(9-11-20)21-15-26-23(25)27-22(21)19-7-4-13-28(16-19)14-12-17-5-2-1-3-6-17/h1-3,5-6,8-11,15,19H,4,7,12-14,16H2,(H2,25,26,27)/t19-/m1/s1. The average Bonchev–Trinajstić information content (AvgIpc) is 2.74. The number of nitrogen functional groups attached to an aromatic ring is 1. The van der Waals surface area contributed by atoms with Gasteiger partial charge < -0.3 is 10.6 Å². The molecule has 0 saturated carbocycles. The molecule has 4 nitrogen and oxygen atoms in total. The van der Waals surface area contributed by atoms with E-state index in [1.807, 2.05) is 0 Å². The summed E-state index contributed by atoms with van der Waals surface area (Å²) in [6.07, 6.45) is 5.02. The van der Waals surface area contributed by atoms with Gasteiger partial charge in [0.2, 0.25) is 5.95 Å². The van der Waals surface area contributed by atoms with Gasteiger partial charge in [-0.25, -0.2) is 14.4 Å². The van der Waals surface area contributed by atoms with Crippen molar-refractivity contribution in [3.8, 4) is 11.1 Å². The lowest BCUT2D eigenvalue weighted by Gasteiger charge is -2.33. The van der Waals surface area contributed by atoms with Gasteiger partial charge in [-0.1, -0.05) is 42.5 Å². The van der Waals surface area contributed by atoms with Gasteiger partial charge in [-0.15, -0.1) is 0 Å². The minimum Gasteiger partial charge on any atom is -0.368 e. The van der Waals surface area contributed by atoms with E-state index in [2.05, 4.69) is 45.2 Å². The Morgan fingerprint density at radius 2 is 1.86 bits per heavy atom. The Morgan fingerprint density at radius 1 is 1.07 bits per heavy atom. The number of piperidine rings is 1. The van der Waals surface area contributed by atoms with Crippen molar-refractivity contribution in [3.63, 3.8) is 0 Å². The summed E-state index contributed by atoms with van der Waals surface area (Å²) in [7, 11) is 0. The third-order valence-corrected chi connectivity index (χ3v) is 5.44. The molecule has 1 atom stereocenters. The van der Waals surface area contributed by atoms with Crippen molar-refractivity contribution >= 4 is 5.95 Å². The summed E-state index contributed by atoms with van der Waals surface area (Å²) in [6, 6.07) is 17.1. The zero-order valence-electron chi connectivity index (χ0n) is 15.9. The first-order valence-corrected chi connectivity index (χ1v) is 9.83. The van der Waals surface area contributed by atoms with Gasteiger partial charge in [-0.3, -0.25) is 0 Å². The van der Waals surface area contributed by atoms with E-state index in [4.69, 9.17) is 5.73 Å². The highest BCUT2D eigenvalue weighted by atomic mass is 19.1. The van der Waals surface area contributed by atoms with E-state index in [0.717, 1.165) is 55.7 Å². The van der Waals surface area contributed by atoms with Crippen LogP contribution in [0.3, 0.4) is 0 Å². The Balaban J connectivity index is 1.53. The zero-order chi connectivity index (χ0) is 19.3. The van der Waals surface area contributed by atoms with Gasteiger partial charge >= 0.3 is 0 Å². The van der Waals surface area contributed by atoms with Crippen LogP contribution in [0.1, 0.15) is 30.0 Å². The summed E-state index contributed by atoms with van der Waals surface area (Å²) in [6.45, 7) is 3.10. The lowest BCUT2D eigenvalue weighted by molar-refractivity contribution is 0.208. The number of nitrogens with two attached hydrogens (primary N) is 1. The lowest BCUT2D eigenvalue weighted by atomic mass is 9.89. The van der Waals surface area contributed by atoms with Gasteiger partial charge in [-0.2, -0.15) is 0 Å². The van der Waals surface area contributed by atoms with E-state index in [-0.39, 0.29) is 5.82 Å². The maximum absolute atomic E-state index is 13.3. The van der Waals surface area contributed by atoms with E-state index in [1.165, 1.54) is 17.7 Å². The van der Waals surface area contributed by atoms with Crippen LogP contribution < -0.4 is 5.73 Å². The largest absolute Gasteiger partial charge is 0.368 e. The van der Waals surface area contributed by atoms with Crippen LogP contribution in [0.2, 0.25) is 0 Å². The quantitative estimate of drug-likeness (QED) is 0.722. The molecule has 1 aliphatic heterocycles. The molecule has 28 heavy (non-hydrogen) atoms. The number of rotatable bonds is 5. The van der Waals surface area contributed by atoms with E-state index >= 15 is 0 Å². The third-order valence-electron chi connectivity index (χ3n) is 5.44. The predicted molar refractivity (Wildman–Crippen MR) is 110 cm³/mol. The topological polar surface area (TPSA) is 55.0 Å². The molecule has 2 aromatic carbocycles. The smallest absolute Gasteiger partial charge is 0.220 e. The molecule has 3 aromatic rings. The van der Waals surface area contributed by atoms with Gasteiger partial charge in [-0.05, 0) is 49.1 Å². The molecule has 0 aliphatic carbocycles. The van der Waals surface area contributed by atoms with E-state index in [0.29, 0.717) is 11.9 Å². The van der Waals surface area contributed by atoms with Crippen molar-refractivity contribution in [2.24, 2.45) is 0 Å². The summed E-state index contributed by atoms with van der Waals surface area (Å²) >= 11 is 0. The highest BCUT2D eigenvalue weighted by molar-refractivity contribution is 5.66. The maximum atomic E-state index is 13.3. The van der Waals surface area contributed by atoms with Crippen LogP contribution in [0.15, 0.2) is 60.8 Å². The highest BCUT2D eigenvalue weighted by Crippen LogP contribution is 2.33. The van der Waals surface area contributed by atoms with Crippen molar-refractivity contribution in [2.75, 3.05) is 25.4 Å². The molecule has 1 saturated heterocycles. The lowest BCUT2D eigenvalue weighted by Crippen LogP contribution is -2.36. The molecule has 2 heterocycles. The summed E-state index contributed by atoms with van der Waals surface area (Å²) in [5, 5.41) is 0. The number of benzene rings is 2. The van der Waals surface area contributed by atoms with Crippen molar-refractivity contribution in [1.82, 2.24) is 14.9 Å². The second-order valence-electron chi connectivity index (χ2n) is 7.41. The molecule has 0 bridgehead atoms. The van der Waals surface area contributed by atoms with Crippen molar-refractivity contribution in [1.29, 1.82) is 0 Å². The summed E-state index contributed by atoms with van der Waals surface area (Å²) in [4.78, 5) is 11.3. The number of hydrogen-bond donors (Lipinski definition) is 1. The Bertz CT molecular complexity index is 912. The van der Waals surface area contributed by atoms with Crippen LogP contribution in [0.4, 0.5) is 10.3 Å². The Labute approximate surface area is 165 Å². The Kier molecular flexibility index (Phi) is 5.63. The van der Waals surface area contributed by atoms with Crippen LogP contribution in [0.5, 0.6) is 0 Å². The molecule has 4 rings (SSSR count). The number of halogens is 1. The fourth-order valence-corrected chi connectivity index (χ4v) is 3.99.